The Labute approximate surface area is 168 Å². The van der Waals surface area contributed by atoms with Crippen LogP contribution in [-0.2, 0) is 6.18 Å². The Morgan fingerprint density at radius 3 is 2.66 bits per heavy atom. The Balaban J connectivity index is 2.14. The van der Waals surface area contributed by atoms with Gasteiger partial charge in [0.15, 0.2) is 0 Å². The monoisotopic (exact) mass is 425 g/mol. The third kappa shape index (κ3) is 4.72. The summed E-state index contributed by atoms with van der Waals surface area (Å²) in [6, 6.07) is 6.74. The molecule has 2 heterocycles. The predicted molar refractivity (Wildman–Crippen MR) is 98.6 cm³/mol. The van der Waals surface area contributed by atoms with E-state index in [1.54, 1.807) is 19.1 Å². The number of rotatable bonds is 5. The summed E-state index contributed by atoms with van der Waals surface area (Å²) < 4.78 is 40.4. The van der Waals surface area contributed by atoms with E-state index in [0.717, 1.165) is 6.33 Å². The van der Waals surface area contributed by atoms with E-state index in [0.29, 0.717) is 21.0 Å². The van der Waals surface area contributed by atoms with Gasteiger partial charge in [-0.1, -0.05) is 11.6 Å². The zero-order valence-corrected chi connectivity index (χ0v) is 15.7. The summed E-state index contributed by atoms with van der Waals surface area (Å²) in [4.78, 5) is 19.9. The first-order chi connectivity index (χ1) is 13.7. The molecule has 1 aromatic carbocycles. The Morgan fingerprint density at radius 1 is 1.28 bits per heavy atom. The van der Waals surface area contributed by atoms with Crippen LogP contribution in [0, 0.1) is 0 Å². The molecule has 1 atom stereocenters. The van der Waals surface area contributed by atoms with Crippen molar-refractivity contribution in [2.45, 2.75) is 19.1 Å². The molecule has 0 aliphatic rings. The molecule has 29 heavy (non-hydrogen) atoms. The van der Waals surface area contributed by atoms with E-state index in [2.05, 4.69) is 20.4 Å². The number of pyridine rings is 1. The van der Waals surface area contributed by atoms with Crippen molar-refractivity contribution < 1.29 is 23.1 Å². The first-order valence-corrected chi connectivity index (χ1v) is 8.73. The molecule has 2 aromatic heterocycles. The van der Waals surface area contributed by atoms with Gasteiger partial charge in [0.1, 0.15) is 6.33 Å². The topological polar surface area (TPSA) is 92.9 Å². The van der Waals surface area contributed by atoms with E-state index in [-0.39, 0.29) is 17.9 Å². The van der Waals surface area contributed by atoms with Gasteiger partial charge in [-0.2, -0.15) is 18.3 Å². The van der Waals surface area contributed by atoms with Gasteiger partial charge in [-0.05, 0) is 37.3 Å². The molecule has 0 aliphatic heterocycles. The number of halogens is 4. The van der Waals surface area contributed by atoms with E-state index in [1.807, 2.05) is 0 Å². The fraction of sp³-hybridized carbons (Fsp3) is 0.222. The van der Waals surface area contributed by atoms with Crippen molar-refractivity contribution >= 4 is 17.5 Å². The number of hydrogen-bond donors (Lipinski definition) is 2. The van der Waals surface area contributed by atoms with Crippen molar-refractivity contribution in [1.29, 1.82) is 0 Å². The quantitative estimate of drug-likeness (QED) is 0.655. The number of amides is 1. The molecule has 3 rings (SSSR count). The van der Waals surface area contributed by atoms with Crippen molar-refractivity contribution in [2.24, 2.45) is 0 Å². The standard InChI is InChI=1S/C18H15ClF3N5O2/c1-10(8-28)26-16(29)12-4-11(15-3-2-13(19)7-23-15)5-14(6-12)27-17(18(20,21)22)24-9-25-27/h2-7,9-10,28H,8H2,1H3,(H,26,29). The SMILES string of the molecule is CC(CO)NC(=O)c1cc(-c2ccc(Cl)cn2)cc(-n2ncnc2C(F)(F)F)c1. The Morgan fingerprint density at radius 2 is 2.03 bits per heavy atom. The van der Waals surface area contributed by atoms with Gasteiger partial charge < -0.3 is 10.4 Å². The van der Waals surface area contributed by atoms with E-state index in [4.69, 9.17) is 16.7 Å². The summed E-state index contributed by atoms with van der Waals surface area (Å²) >= 11 is 5.84. The molecule has 2 N–H and O–H groups in total. The van der Waals surface area contributed by atoms with Crippen LogP contribution in [0.2, 0.25) is 5.02 Å². The van der Waals surface area contributed by atoms with Crippen molar-refractivity contribution in [3.63, 3.8) is 0 Å². The van der Waals surface area contributed by atoms with Crippen LogP contribution in [0.25, 0.3) is 16.9 Å². The molecule has 0 saturated heterocycles. The molecule has 3 aromatic rings. The number of nitrogens with zero attached hydrogens (tertiary/aromatic N) is 4. The maximum absolute atomic E-state index is 13.3. The number of aromatic nitrogens is 4. The first kappa shape index (κ1) is 20.7. The first-order valence-electron chi connectivity index (χ1n) is 8.35. The molecular weight excluding hydrogens is 411 g/mol. The van der Waals surface area contributed by atoms with Crippen LogP contribution in [0.5, 0.6) is 0 Å². The second-order valence-corrected chi connectivity index (χ2v) is 6.62. The van der Waals surface area contributed by atoms with Gasteiger partial charge in [-0.25, -0.2) is 9.67 Å². The van der Waals surface area contributed by atoms with Gasteiger partial charge in [0.25, 0.3) is 5.91 Å². The van der Waals surface area contributed by atoms with Crippen LogP contribution < -0.4 is 5.32 Å². The smallest absolute Gasteiger partial charge is 0.394 e. The highest BCUT2D eigenvalue weighted by molar-refractivity contribution is 6.30. The summed E-state index contributed by atoms with van der Waals surface area (Å²) in [7, 11) is 0. The van der Waals surface area contributed by atoms with E-state index in [9.17, 15) is 18.0 Å². The number of hydrogen-bond acceptors (Lipinski definition) is 5. The minimum Gasteiger partial charge on any atom is -0.394 e. The van der Waals surface area contributed by atoms with Crippen LogP contribution in [0.15, 0.2) is 42.9 Å². The summed E-state index contributed by atoms with van der Waals surface area (Å²) in [6.45, 7) is 1.29. The number of aliphatic hydroxyl groups excluding tert-OH is 1. The summed E-state index contributed by atoms with van der Waals surface area (Å²) in [5.41, 5.74) is 0.822. The van der Waals surface area contributed by atoms with Crippen molar-refractivity contribution in [3.8, 4) is 16.9 Å². The van der Waals surface area contributed by atoms with Gasteiger partial charge >= 0.3 is 6.18 Å². The largest absolute Gasteiger partial charge is 0.451 e. The summed E-state index contributed by atoms with van der Waals surface area (Å²) in [5, 5.41) is 15.7. The zero-order valence-electron chi connectivity index (χ0n) is 15.0. The van der Waals surface area contributed by atoms with Gasteiger partial charge in [0.2, 0.25) is 5.82 Å². The number of carbonyl (C=O) groups is 1. The minimum atomic E-state index is -4.74. The molecule has 11 heteroatoms. The number of alkyl halides is 3. The Bertz CT molecular complexity index is 1020. The lowest BCUT2D eigenvalue weighted by Crippen LogP contribution is -2.35. The maximum Gasteiger partial charge on any atom is 0.451 e. The van der Waals surface area contributed by atoms with Crippen LogP contribution in [0.4, 0.5) is 13.2 Å². The molecule has 1 amide bonds. The summed E-state index contributed by atoms with van der Waals surface area (Å²) in [6.07, 6.45) is -2.57. The van der Waals surface area contributed by atoms with Gasteiger partial charge in [0.05, 0.1) is 23.0 Å². The van der Waals surface area contributed by atoms with E-state index < -0.39 is 23.9 Å². The number of nitrogens with one attached hydrogen (secondary N) is 1. The van der Waals surface area contributed by atoms with E-state index >= 15 is 0 Å². The van der Waals surface area contributed by atoms with Crippen molar-refractivity contribution in [2.75, 3.05) is 6.61 Å². The Hall–Kier alpha value is -2.98. The summed E-state index contributed by atoms with van der Waals surface area (Å²) in [5.74, 6) is -1.80. The third-order valence-electron chi connectivity index (χ3n) is 3.90. The minimum absolute atomic E-state index is 0.0223. The van der Waals surface area contributed by atoms with Gasteiger partial charge in [-0.3, -0.25) is 9.78 Å². The fourth-order valence-corrected chi connectivity index (χ4v) is 2.65. The number of benzene rings is 1. The lowest BCUT2D eigenvalue weighted by atomic mass is 10.0. The van der Waals surface area contributed by atoms with E-state index in [1.165, 1.54) is 24.4 Å². The molecule has 0 fully saturated rings. The van der Waals surface area contributed by atoms with Crippen molar-refractivity contribution in [3.05, 3.63) is 59.3 Å². The highest BCUT2D eigenvalue weighted by atomic mass is 35.5. The lowest BCUT2D eigenvalue weighted by molar-refractivity contribution is -0.146. The van der Waals surface area contributed by atoms with Crippen LogP contribution in [0.1, 0.15) is 23.1 Å². The second kappa shape index (κ2) is 8.18. The van der Waals surface area contributed by atoms with Crippen LogP contribution >= 0.6 is 11.6 Å². The number of carbonyl (C=O) groups excluding carboxylic acids is 1. The number of aliphatic hydroxyl groups is 1. The third-order valence-corrected chi connectivity index (χ3v) is 4.12. The second-order valence-electron chi connectivity index (χ2n) is 6.18. The molecule has 1 unspecified atom stereocenters. The lowest BCUT2D eigenvalue weighted by Gasteiger charge is -2.14. The molecule has 0 bridgehead atoms. The Kier molecular flexibility index (Phi) is 5.85. The average molecular weight is 426 g/mol. The van der Waals surface area contributed by atoms with Crippen LogP contribution in [0.3, 0.4) is 0 Å². The zero-order chi connectivity index (χ0) is 21.2. The fourth-order valence-electron chi connectivity index (χ4n) is 2.54. The van der Waals surface area contributed by atoms with Gasteiger partial charge in [-0.15, -0.1) is 0 Å². The maximum atomic E-state index is 13.3. The normalized spacial score (nSPS) is 12.6. The van der Waals surface area contributed by atoms with Crippen LogP contribution in [-0.4, -0.2) is 43.4 Å². The molecular formula is C18H15ClF3N5O2. The average Bonchev–Trinajstić information content (AvgIpc) is 3.18. The highest BCUT2D eigenvalue weighted by Crippen LogP contribution is 2.30. The predicted octanol–water partition coefficient (Wildman–Crippen LogP) is 3.11. The molecule has 152 valence electrons. The molecule has 0 saturated carbocycles. The van der Waals surface area contributed by atoms with Gasteiger partial charge in [0, 0.05) is 23.4 Å². The molecule has 7 nitrogen and oxygen atoms in total. The highest BCUT2D eigenvalue weighted by Gasteiger charge is 2.37. The van der Waals surface area contributed by atoms with Crippen molar-refractivity contribution in [1.82, 2.24) is 25.1 Å². The molecule has 0 spiro atoms. The molecule has 0 radical (unpaired) electrons. The molecule has 0 aliphatic carbocycles.